The summed E-state index contributed by atoms with van der Waals surface area (Å²) in [4.78, 5) is 67.0. The number of rotatable bonds is 18. The third-order valence-electron chi connectivity index (χ3n) is 8.55. The average molecular weight is 774 g/mol. The van der Waals surface area contributed by atoms with Gasteiger partial charge in [0.05, 0.1) is 6.04 Å². The molecule has 0 spiro atoms. The molecule has 0 saturated carbocycles. The first kappa shape index (κ1) is 41.5. The predicted molar refractivity (Wildman–Crippen MR) is 204 cm³/mol. The first-order valence-electron chi connectivity index (χ1n) is 17.1. The molecule has 0 heterocycles. The van der Waals surface area contributed by atoms with Crippen molar-refractivity contribution in [1.82, 2.24) is 21.3 Å². The summed E-state index contributed by atoms with van der Waals surface area (Å²) in [6, 6.07) is 16.8. The van der Waals surface area contributed by atoms with Crippen LogP contribution in [0.2, 0.25) is 0 Å². The van der Waals surface area contributed by atoms with Gasteiger partial charge in [0.2, 0.25) is 23.6 Å². The van der Waals surface area contributed by atoms with E-state index in [1.165, 1.54) is 84.9 Å². The van der Waals surface area contributed by atoms with Crippen molar-refractivity contribution in [2.24, 2.45) is 5.73 Å². The fourth-order valence-corrected chi connectivity index (χ4v) is 5.64. The van der Waals surface area contributed by atoms with Crippen molar-refractivity contribution >= 4 is 42.2 Å². The van der Waals surface area contributed by atoms with Crippen molar-refractivity contribution in [2.45, 2.75) is 55.9 Å². The van der Waals surface area contributed by atoms with Gasteiger partial charge in [-0.25, -0.2) is 4.79 Å². The van der Waals surface area contributed by atoms with E-state index in [1.807, 2.05) is 0 Å². The summed E-state index contributed by atoms with van der Waals surface area (Å²) in [6.45, 7) is 0. The van der Waals surface area contributed by atoms with E-state index in [-0.39, 0.29) is 54.4 Å². The van der Waals surface area contributed by atoms with Crippen molar-refractivity contribution < 1.29 is 49.5 Å². The smallest absolute Gasteiger partial charge is 0.326 e. The van der Waals surface area contributed by atoms with Gasteiger partial charge in [0.1, 0.15) is 47.2 Å². The van der Waals surface area contributed by atoms with Crippen LogP contribution in [0.3, 0.4) is 0 Å². The van der Waals surface area contributed by atoms with Gasteiger partial charge < -0.3 is 52.5 Å². The van der Waals surface area contributed by atoms with Gasteiger partial charge in [-0.05, 0) is 70.8 Å². The lowest BCUT2D eigenvalue weighted by Gasteiger charge is -2.27. The minimum atomic E-state index is -1.43. The van der Waals surface area contributed by atoms with E-state index in [1.54, 1.807) is 12.1 Å². The molecule has 0 aliphatic heterocycles. The Kier molecular flexibility index (Phi) is 14.9. The molecule has 15 nitrogen and oxygen atoms in total. The molecule has 4 aromatic carbocycles. The zero-order valence-corrected chi connectivity index (χ0v) is 30.4. The highest BCUT2D eigenvalue weighted by Crippen LogP contribution is 2.16. The van der Waals surface area contributed by atoms with Gasteiger partial charge in [0, 0.05) is 31.4 Å². The summed E-state index contributed by atoms with van der Waals surface area (Å²) in [5.41, 5.74) is 7.93. The minimum Gasteiger partial charge on any atom is -0.508 e. The molecular formula is C39H43N5O10S. The zero-order valence-electron chi connectivity index (χ0n) is 29.5. The topological polar surface area (TPSA) is 261 Å². The van der Waals surface area contributed by atoms with Crippen molar-refractivity contribution in [1.29, 1.82) is 0 Å². The molecule has 55 heavy (non-hydrogen) atoms. The second-order valence-electron chi connectivity index (χ2n) is 12.9. The molecule has 11 N–H and O–H groups in total. The lowest BCUT2D eigenvalue weighted by atomic mass is 10.00. The van der Waals surface area contributed by atoms with Gasteiger partial charge in [-0.3, -0.25) is 19.2 Å². The average Bonchev–Trinajstić information content (AvgIpc) is 3.16. The van der Waals surface area contributed by atoms with Gasteiger partial charge in [-0.2, -0.15) is 12.6 Å². The van der Waals surface area contributed by atoms with Crippen LogP contribution >= 0.6 is 12.6 Å². The first-order chi connectivity index (χ1) is 26.2. The lowest BCUT2D eigenvalue weighted by Crippen LogP contribution is -2.59. The molecule has 5 atom stereocenters. The number of thiol groups is 1. The molecule has 0 unspecified atom stereocenters. The number of hydrogen-bond donors (Lipinski definition) is 11. The number of benzene rings is 4. The number of carbonyl (C=O) groups excluding carboxylic acids is 4. The standard InChI is InChI=1S/C39H43N5O10S/c40-30(21-55)35(49)41-31(17-22-1-9-26(45)10-2-22)36(50)42-32(18-23-3-11-27(46)12-4-23)37(51)43-33(19-24-5-13-28(47)14-6-24)38(52)44-34(39(53)54)20-25-7-15-29(48)16-8-25/h1-16,30-34,45-48,55H,17-21,40H2,(H,41,49)(H,42,50)(H,43,51)(H,44,52)(H,53,54)/t30-,31-,32-,33-,34-/m0/s1. The molecule has 290 valence electrons. The normalized spacial score (nSPS) is 13.6. The van der Waals surface area contributed by atoms with E-state index < -0.39 is 59.8 Å². The zero-order chi connectivity index (χ0) is 40.1. The minimum absolute atomic E-state index is 0.0163. The Morgan fingerprint density at radius 2 is 0.691 bits per heavy atom. The van der Waals surface area contributed by atoms with Gasteiger partial charge in [-0.15, -0.1) is 0 Å². The molecule has 0 bridgehead atoms. The van der Waals surface area contributed by atoms with Crippen LogP contribution in [0.15, 0.2) is 97.1 Å². The quantitative estimate of drug-likeness (QED) is 0.0637. The third-order valence-corrected chi connectivity index (χ3v) is 8.95. The second kappa shape index (κ2) is 19.7. The maximum absolute atomic E-state index is 14.2. The number of aliphatic carboxylic acids is 1. The van der Waals surface area contributed by atoms with Gasteiger partial charge >= 0.3 is 5.97 Å². The van der Waals surface area contributed by atoms with Crippen molar-refractivity contribution in [3.8, 4) is 23.0 Å². The van der Waals surface area contributed by atoms with E-state index >= 15 is 0 Å². The van der Waals surface area contributed by atoms with E-state index in [2.05, 4.69) is 33.9 Å². The summed E-state index contributed by atoms with van der Waals surface area (Å²) in [6.07, 6.45) is -0.496. The van der Waals surface area contributed by atoms with Crippen LogP contribution in [-0.2, 0) is 49.7 Å². The largest absolute Gasteiger partial charge is 0.508 e. The summed E-state index contributed by atoms with van der Waals surface area (Å²) in [5, 5.41) is 59.4. The van der Waals surface area contributed by atoms with E-state index in [4.69, 9.17) is 5.73 Å². The van der Waals surface area contributed by atoms with Crippen LogP contribution in [0, 0.1) is 0 Å². The lowest BCUT2D eigenvalue weighted by molar-refractivity contribution is -0.142. The number of phenols is 4. The molecule has 0 aromatic heterocycles. The van der Waals surface area contributed by atoms with E-state index in [0.717, 1.165) is 0 Å². The molecule has 4 aromatic rings. The number of carbonyl (C=O) groups is 5. The molecule has 4 amide bonds. The van der Waals surface area contributed by atoms with Crippen molar-refractivity contribution in [2.75, 3.05) is 5.75 Å². The molecule has 0 fully saturated rings. The van der Waals surface area contributed by atoms with Gasteiger partial charge in [0.15, 0.2) is 0 Å². The first-order valence-corrected chi connectivity index (χ1v) is 17.8. The summed E-state index contributed by atoms with van der Waals surface area (Å²) >= 11 is 4.06. The Labute approximate surface area is 322 Å². The van der Waals surface area contributed by atoms with Crippen LogP contribution in [0.4, 0.5) is 0 Å². The SMILES string of the molecule is N[C@@H](CS)C(=O)N[C@@H](Cc1ccc(O)cc1)C(=O)N[C@@H](Cc1ccc(O)cc1)C(=O)N[C@@H](Cc1ccc(O)cc1)C(=O)N[C@@H](Cc1ccc(O)cc1)C(=O)O. The molecule has 0 aliphatic rings. The monoisotopic (exact) mass is 773 g/mol. The third kappa shape index (κ3) is 13.0. The highest BCUT2D eigenvalue weighted by Gasteiger charge is 2.32. The highest BCUT2D eigenvalue weighted by atomic mass is 32.1. The second-order valence-corrected chi connectivity index (χ2v) is 13.2. The summed E-state index contributed by atoms with van der Waals surface area (Å²) < 4.78 is 0. The summed E-state index contributed by atoms with van der Waals surface area (Å²) in [7, 11) is 0. The number of carboxylic acid groups (broad SMARTS) is 1. The van der Waals surface area contributed by atoms with Gasteiger partial charge in [0.25, 0.3) is 0 Å². The molecular weight excluding hydrogens is 731 g/mol. The molecule has 0 radical (unpaired) electrons. The number of nitrogens with one attached hydrogen (secondary N) is 4. The van der Waals surface area contributed by atoms with Crippen LogP contribution < -0.4 is 27.0 Å². The number of amides is 4. The van der Waals surface area contributed by atoms with Gasteiger partial charge in [-0.1, -0.05) is 48.5 Å². The predicted octanol–water partition coefficient (Wildman–Crippen LogP) is 1.06. The fourth-order valence-electron chi connectivity index (χ4n) is 5.48. The van der Waals surface area contributed by atoms with Crippen LogP contribution in [0.5, 0.6) is 23.0 Å². The number of phenolic OH excluding ortho intramolecular Hbond substituents is 4. The summed E-state index contributed by atoms with van der Waals surface area (Å²) in [5.74, 6) is -4.68. The number of hydrogen-bond acceptors (Lipinski definition) is 11. The van der Waals surface area contributed by atoms with Crippen LogP contribution in [-0.4, -0.2) is 91.1 Å². The van der Waals surface area contributed by atoms with Crippen molar-refractivity contribution in [3.05, 3.63) is 119 Å². The van der Waals surface area contributed by atoms with Crippen LogP contribution in [0.1, 0.15) is 22.3 Å². The fraction of sp³-hybridized carbons (Fsp3) is 0.256. The molecule has 16 heteroatoms. The number of carboxylic acids is 1. The Balaban J connectivity index is 1.64. The molecule has 0 saturated heterocycles. The number of aromatic hydroxyl groups is 4. The highest BCUT2D eigenvalue weighted by molar-refractivity contribution is 7.80. The Morgan fingerprint density at radius 3 is 0.945 bits per heavy atom. The van der Waals surface area contributed by atoms with E-state index in [0.29, 0.717) is 22.3 Å². The Bertz CT molecular complexity index is 1930. The van der Waals surface area contributed by atoms with E-state index in [9.17, 15) is 49.5 Å². The van der Waals surface area contributed by atoms with Crippen molar-refractivity contribution in [3.63, 3.8) is 0 Å². The number of nitrogens with two attached hydrogens (primary N) is 1. The molecule has 4 rings (SSSR count). The Hall–Kier alpha value is -6.26. The van der Waals surface area contributed by atoms with Crippen LogP contribution in [0.25, 0.3) is 0 Å². The molecule has 0 aliphatic carbocycles. The maximum Gasteiger partial charge on any atom is 0.326 e. The maximum atomic E-state index is 14.2. The Morgan fingerprint density at radius 1 is 0.455 bits per heavy atom.